The zero-order valence-electron chi connectivity index (χ0n) is 23.6. The molecule has 1 amide bonds. The molecular weight excluding hydrogens is 528 g/mol. The number of aromatic nitrogens is 1. The minimum absolute atomic E-state index is 0.0512. The van der Waals surface area contributed by atoms with Gasteiger partial charge < -0.3 is 9.16 Å². The molecule has 0 aliphatic heterocycles. The average Bonchev–Trinajstić information content (AvgIpc) is 2.75. The lowest BCUT2D eigenvalue weighted by Gasteiger charge is -2.36. The zero-order chi connectivity index (χ0) is 28.2. The molecule has 7 nitrogen and oxygen atoms in total. The van der Waals surface area contributed by atoms with Crippen LogP contribution in [-0.4, -0.2) is 56.8 Å². The van der Waals surface area contributed by atoms with Crippen LogP contribution in [0.25, 0.3) is 10.8 Å². The van der Waals surface area contributed by atoms with Crippen molar-refractivity contribution in [2.24, 2.45) is 0 Å². The van der Waals surface area contributed by atoms with Gasteiger partial charge in [0.25, 0.3) is 0 Å². The second kappa shape index (κ2) is 12.0. The Morgan fingerprint density at radius 1 is 1.14 bits per heavy atom. The highest BCUT2D eigenvalue weighted by Crippen LogP contribution is 2.37. The SMILES string of the molecule is C[CH][C@@H](N(CCCCO[Si](C)(C)C(C)(C)C)C(=O)OC(C)(C)C)S(=O)(=O)c1cccc2cncc(Cl)c12. The first-order chi connectivity index (χ1) is 16.9. The quantitative estimate of drug-likeness (QED) is 0.221. The molecule has 2 rings (SSSR count). The van der Waals surface area contributed by atoms with E-state index in [9.17, 15) is 13.2 Å². The first kappa shape index (κ1) is 31.5. The predicted molar refractivity (Wildman–Crippen MR) is 153 cm³/mol. The molecule has 2 aromatic rings. The number of carbonyl (C=O) groups excluding carboxylic acids is 1. The fraction of sp³-hybridized carbons (Fsp3) is 0.593. The van der Waals surface area contributed by atoms with Crippen molar-refractivity contribution in [2.45, 2.75) is 95.3 Å². The van der Waals surface area contributed by atoms with Crippen LogP contribution in [0.4, 0.5) is 4.79 Å². The molecule has 0 spiro atoms. The molecule has 10 heteroatoms. The molecule has 1 radical (unpaired) electrons. The third kappa shape index (κ3) is 7.91. The Morgan fingerprint density at radius 2 is 1.78 bits per heavy atom. The summed E-state index contributed by atoms with van der Waals surface area (Å²) in [5.41, 5.74) is -0.781. The van der Waals surface area contributed by atoms with Gasteiger partial charge in [-0.3, -0.25) is 9.88 Å². The van der Waals surface area contributed by atoms with Crippen molar-refractivity contribution < 1.29 is 22.4 Å². The molecule has 0 saturated carbocycles. The lowest BCUT2D eigenvalue weighted by Crippen LogP contribution is -2.47. The predicted octanol–water partition coefficient (Wildman–Crippen LogP) is 7.25. The lowest BCUT2D eigenvalue weighted by molar-refractivity contribution is 0.0233. The molecule has 0 aliphatic carbocycles. The molecule has 0 N–H and O–H groups in total. The average molecular weight is 570 g/mol. The Morgan fingerprint density at radius 3 is 2.35 bits per heavy atom. The number of amides is 1. The monoisotopic (exact) mass is 569 g/mol. The molecule has 1 atom stereocenters. The van der Waals surface area contributed by atoms with E-state index in [0.29, 0.717) is 30.2 Å². The van der Waals surface area contributed by atoms with Gasteiger partial charge in [-0.15, -0.1) is 0 Å². The standard InChI is InChI=1S/C27H42ClN2O5SSi/c1-10-23(36(32,33)22-15-13-14-20-18-29-19-21(28)24(20)22)30(25(31)35-26(2,3)4)16-11-12-17-34-37(8,9)27(5,6)7/h10,13-15,18-19,23H,11-12,16-17H2,1-9H3/t23-/m0/s1. The van der Waals surface area contributed by atoms with Crippen LogP contribution in [-0.2, 0) is 19.0 Å². The molecular formula is C27H42ClN2O5SSi. The Hall–Kier alpha value is -1.68. The fourth-order valence-electron chi connectivity index (χ4n) is 3.62. The van der Waals surface area contributed by atoms with Gasteiger partial charge in [0.1, 0.15) is 11.0 Å². The van der Waals surface area contributed by atoms with E-state index >= 15 is 0 Å². The lowest BCUT2D eigenvalue weighted by atomic mass is 10.2. The minimum atomic E-state index is -4.05. The Labute approximate surface area is 228 Å². The number of nitrogens with zero attached hydrogens (tertiary/aromatic N) is 2. The summed E-state index contributed by atoms with van der Waals surface area (Å²) in [5.74, 6) is 0. The second-order valence-corrected chi connectivity index (χ2v) is 19.0. The van der Waals surface area contributed by atoms with E-state index in [1.165, 1.54) is 23.6 Å². The van der Waals surface area contributed by atoms with Gasteiger partial charge in [-0.25, -0.2) is 13.2 Å². The van der Waals surface area contributed by atoms with Gasteiger partial charge >= 0.3 is 6.09 Å². The summed E-state index contributed by atoms with van der Waals surface area (Å²) in [7, 11) is -5.95. The molecule has 0 fully saturated rings. The maximum absolute atomic E-state index is 14.0. The van der Waals surface area contributed by atoms with Crippen molar-refractivity contribution in [1.82, 2.24) is 9.88 Å². The number of benzene rings is 1. The number of ether oxygens (including phenoxy) is 1. The van der Waals surface area contributed by atoms with Crippen molar-refractivity contribution in [3.05, 3.63) is 42.0 Å². The summed E-state index contributed by atoms with van der Waals surface area (Å²) >= 11 is 6.38. The highest BCUT2D eigenvalue weighted by atomic mass is 35.5. The summed E-state index contributed by atoms with van der Waals surface area (Å²) in [6, 6.07) is 4.92. The van der Waals surface area contributed by atoms with E-state index in [-0.39, 0.29) is 21.5 Å². The first-order valence-electron chi connectivity index (χ1n) is 12.6. The van der Waals surface area contributed by atoms with Gasteiger partial charge in [0.05, 0.1) is 9.92 Å². The number of rotatable bonds is 10. The molecule has 0 bridgehead atoms. The third-order valence-electron chi connectivity index (χ3n) is 6.61. The van der Waals surface area contributed by atoms with Crippen LogP contribution in [0.15, 0.2) is 35.5 Å². The highest BCUT2D eigenvalue weighted by Gasteiger charge is 2.39. The summed E-state index contributed by atoms with van der Waals surface area (Å²) in [6.45, 7) is 18.6. The maximum atomic E-state index is 14.0. The van der Waals surface area contributed by atoms with Gasteiger partial charge in [0.15, 0.2) is 8.32 Å². The van der Waals surface area contributed by atoms with Gasteiger partial charge in [-0.1, -0.05) is 51.4 Å². The number of sulfone groups is 1. The van der Waals surface area contributed by atoms with Crippen LogP contribution in [0.5, 0.6) is 0 Å². The topological polar surface area (TPSA) is 85.8 Å². The molecule has 207 valence electrons. The Kier molecular flexibility index (Phi) is 10.2. The number of pyridine rings is 1. The summed E-state index contributed by atoms with van der Waals surface area (Å²) < 4.78 is 39.9. The van der Waals surface area contributed by atoms with E-state index in [2.05, 4.69) is 38.8 Å². The largest absolute Gasteiger partial charge is 0.444 e. The van der Waals surface area contributed by atoms with E-state index in [0.717, 1.165) is 0 Å². The molecule has 37 heavy (non-hydrogen) atoms. The normalized spacial score (nSPS) is 14.0. The van der Waals surface area contributed by atoms with Gasteiger partial charge in [0.2, 0.25) is 9.84 Å². The minimum Gasteiger partial charge on any atom is -0.444 e. The van der Waals surface area contributed by atoms with Gasteiger partial charge in [-0.05, 0) is 64.2 Å². The van der Waals surface area contributed by atoms with Crippen LogP contribution in [0.3, 0.4) is 0 Å². The highest BCUT2D eigenvalue weighted by molar-refractivity contribution is 7.92. The second-order valence-electron chi connectivity index (χ2n) is 11.7. The van der Waals surface area contributed by atoms with Crippen molar-refractivity contribution in [2.75, 3.05) is 13.2 Å². The van der Waals surface area contributed by atoms with Crippen LogP contribution < -0.4 is 0 Å². The number of hydrogen-bond donors (Lipinski definition) is 0. The maximum Gasteiger partial charge on any atom is 0.411 e. The first-order valence-corrected chi connectivity index (χ1v) is 17.4. The summed E-state index contributed by atoms with van der Waals surface area (Å²) in [6.07, 6.45) is 5.07. The smallest absolute Gasteiger partial charge is 0.411 e. The van der Waals surface area contributed by atoms with Crippen LogP contribution in [0.1, 0.15) is 61.3 Å². The summed E-state index contributed by atoms with van der Waals surface area (Å²) in [5, 5.41) is 0.0887. The summed E-state index contributed by atoms with van der Waals surface area (Å²) in [4.78, 5) is 18.7. The molecule has 1 heterocycles. The Bertz CT molecular complexity index is 1180. The van der Waals surface area contributed by atoms with E-state index < -0.39 is 35.2 Å². The molecule has 0 saturated heterocycles. The number of unbranched alkanes of at least 4 members (excludes halogenated alkanes) is 1. The zero-order valence-corrected chi connectivity index (χ0v) is 26.2. The molecule has 0 aliphatic rings. The van der Waals surface area contributed by atoms with E-state index in [1.807, 2.05) is 0 Å². The van der Waals surface area contributed by atoms with Crippen molar-refractivity contribution >= 4 is 46.6 Å². The van der Waals surface area contributed by atoms with Crippen LogP contribution >= 0.6 is 11.6 Å². The number of fused-ring (bicyclic) bond motifs is 1. The number of carbonyl (C=O) groups is 1. The number of halogens is 1. The number of hydrogen-bond acceptors (Lipinski definition) is 6. The van der Waals surface area contributed by atoms with E-state index in [1.54, 1.807) is 46.0 Å². The fourth-order valence-corrected chi connectivity index (χ4v) is 6.96. The van der Waals surface area contributed by atoms with Crippen molar-refractivity contribution in [3.63, 3.8) is 0 Å². The Balaban J connectivity index is 2.35. The molecule has 0 unspecified atom stereocenters. The third-order valence-corrected chi connectivity index (χ3v) is 13.5. The molecule has 1 aromatic carbocycles. The van der Waals surface area contributed by atoms with Crippen molar-refractivity contribution in [3.8, 4) is 0 Å². The van der Waals surface area contributed by atoms with Crippen LogP contribution in [0.2, 0.25) is 23.2 Å². The van der Waals surface area contributed by atoms with Crippen LogP contribution in [0, 0.1) is 6.42 Å². The molecule has 1 aromatic heterocycles. The van der Waals surface area contributed by atoms with Crippen molar-refractivity contribution in [1.29, 1.82) is 0 Å². The van der Waals surface area contributed by atoms with Gasteiger partial charge in [0, 0.05) is 36.3 Å². The van der Waals surface area contributed by atoms with E-state index in [4.69, 9.17) is 20.8 Å². The van der Waals surface area contributed by atoms with Gasteiger partial charge in [-0.2, -0.15) is 0 Å².